The molecule has 0 atom stereocenters. The van der Waals surface area contributed by atoms with Gasteiger partial charge in [0, 0.05) is 45.6 Å². The molecule has 1 aromatic rings. The summed E-state index contributed by atoms with van der Waals surface area (Å²) < 4.78 is 15.9. The van der Waals surface area contributed by atoms with Gasteiger partial charge in [0.2, 0.25) is 0 Å². The molecule has 24 heavy (non-hydrogen) atoms. The Bertz CT molecular complexity index is 437. The van der Waals surface area contributed by atoms with Gasteiger partial charge in [-0.3, -0.25) is 0 Å². The molecule has 0 aromatic carbocycles. The van der Waals surface area contributed by atoms with Crippen LogP contribution in [-0.4, -0.2) is 50.6 Å². The largest absolute Gasteiger partial charge is 0.381 e. The molecule has 1 aliphatic heterocycles. The quantitative estimate of drug-likeness (QED) is 0.259. The Morgan fingerprint density at radius 2 is 2.21 bits per heavy atom. The SMILES string of the molecule is CCNC(=NCc1ccon1)NCCCOCC1CCOCC1.I. The predicted octanol–water partition coefficient (Wildman–Crippen LogP) is 2.18. The summed E-state index contributed by atoms with van der Waals surface area (Å²) in [5, 5.41) is 10.4. The topological polar surface area (TPSA) is 80.9 Å². The molecule has 0 saturated carbocycles. The number of aromatic nitrogens is 1. The van der Waals surface area contributed by atoms with Gasteiger partial charge in [-0.05, 0) is 32.1 Å². The van der Waals surface area contributed by atoms with Crippen LogP contribution in [0.4, 0.5) is 0 Å². The third-order valence-corrected chi connectivity index (χ3v) is 3.69. The van der Waals surface area contributed by atoms with Gasteiger partial charge < -0.3 is 24.6 Å². The first-order valence-electron chi connectivity index (χ1n) is 8.45. The molecule has 0 spiro atoms. The molecule has 2 N–H and O–H groups in total. The number of aliphatic imine (C=N–C) groups is 1. The van der Waals surface area contributed by atoms with Crippen molar-refractivity contribution in [3.05, 3.63) is 18.0 Å². The van der Waals surface area contributed by atoms with E-state index in [1.165, 1.54) is 0 Å². The van der Waals surface area contributed by atoms with Gasteiger partial charge in [0.15, 0.2) is 5.96 Å². The fraction of sp³-hybridized carbons (Fsp3) is 0.750. The highest BCUT2D eigenvalue weighted by atomic mass is 127. The number of nitrogens with one attached hydrogen (secondary N) is 2. The second-order valence-electron chi connectivity index (χ2n) is 5.60. The number of guanidine groups is 1. The summed E-state index contributed by atoms with van der Waals surface area (Å²) in [7, 11) is 0. The minimum Gasteiger partial charge on any atom is -0.381 e. The van der Waals surface area contributed by atoms with Crippen LogP contribution in [0.5, 0.6) is 0 Å². The molecule has 8 heteroatoms. The molecule has 1 fully saturated rings. The zero-order valence-electron chi connectivity index (χ0n) is 14.3. The van der Waals surface area contributed by atoms with Crippen LogP contribution in [0.1, 0.15) is 31.9 Å². The lowest BCUT2D eigenvalue weighted by Crippen LogP contribution is -2.38. The highest BCUT2D eigenvalue weighted by Crippen LogP contribution is 2.14. The first-order chi connectivity index (χ1) is 11.4. The maximum absolute atomic E-state index is 5.76. The minimum absolute atomic E-state index is 0. The van der Waals surface area contributed by atoms with Crippen LogP contribution in [0, 0.1) is 5.92 Å². The summed E-state index contributed by atoms with van der Waals surface area (Å²) in [5.41, 5.74) is 0.821. The third kappa shape index (κ3) is 8.84. The van der Waals surface area contributed by atoms with Crippen LogP contribution in [0.15, 0.2) is 21.8 Å². The summed E-state index contributed by atoms with van der Waals surface area (Å²) in [6.45, 7) is 7.59. The number of hydrogen-bond acceptors (Lipinski definition) is 5. The van der Waals surface area contributed by atoms with Crippen molar-refractivity contribution in [2.24, 2.45) is 10.9 Å². The fourth-order valence-corrected chi connectivity index (χ4v) is 2.36. The van der Waals surface area contributed by atoms with E-state index < -0.39 is 0 Å². The highest BCUT2D eigenvalue weighted by Gasteiger charge is 2.13. The first-order valence-corrected chi connectivity index (χ1v) is 8.45. The average molecular weight is 452 g/mol. The van der Waals surface area contributed by atoms with Gasteiger partial charge in [0.25, 0.3) is 0 Å². The monoisotopic (exact) mass is 452 g/mol. The summed E-state index contributed by atoms with van der Waals surface area (Å²) in [6, 6.07) is 1.82. The van der Waals surface area contributed by atoms with Crippen LogP contribution in [0.3, 0.4) is 0 Å². The van der Waals surface area contributed by atoms with Crippen molar-refractivity contribution >= 4 is 29.9 Å². The molecule has 1 aromatic heterocycles. The van der Waals surface area contributed by atoms with Crippen LogP contribution in [0.25, 0.3) is 0 Å². The van der Waals surface area contributed by atoms with Gasteiger partial charge in [-0.15, -0.1) is 24.0 Å². The number of ether oxygens (including phenoxy) is 2. The average Bonchev–Trinajstić information content (AvgIpc) is 3.10. The Balaban J connectivity index is 0.00000288. The summed E-state index contributed by atoms with van der Waals surface area (Å²) >= 11 is 0. The molecule has 138 valence electrons. The van der Waals surface area contributed by atoms with Gasteiger partial charge in [0.05, 0.1) is 6.54 Å². The second-order valence-corrected chi connectivity index (χ2v) is 5.60. The first kappa shape index (κ1) is 21.2. The zero-order valence-corrected chi connectivity index (χ0v) is 16.7. The van der Waals surface area contributed by atoms with Crippen LogP contribution < -0.4 is 10.6 Å². The molecule has 2 rings (SSSR count). The molecule has 0 bridgehead atoms. The number of hydrogen-bond donors (Lipinski definition) is 2. The molecular formula is C16H29IN4O3. The van der Waals surface area contributed by atoms with Crippen molar-refractivity contribution < 1.29 is 14.0 Å². The van der Waals surface area contributed by atoms with E-state index in [1.54, 1.807) is 6.26 Å². The van der Waals surface area contributed by atoms with Crippen LogP contribution >= 0.6 is 24.0 Å². The molecule has 0 radical (unpaired) electrons. The molecular weight excluding hydrogens is 423 g/mol. The molecule has 1 aliphatic rings. The summed E-state index contributed by atoms with van der Waals surface area (Å²) in [4.78, 5) is 4.46. The summed E-state index contributed by atoms with van der Waals surface area (Å²) in [5.74, 6) is 1.46. The van der Waals surface area contributed by atoms with Gasteiger partial charge >= 0.3 is 0 Å². The van der Waals surface area contributed by atoms with Gasteiger partial charge in [0.1, 0.15) is 12.0 Å². The Hall–Kier alpha value is -0.870. The number of rotatable bonds is 9. The van der Waals surface area contributed by atoms with E-state index in [9.17, 15) is 0 Å². The Labute approximate surface area is 161 Å². The van der Waals surface area contributed by atoms with E-state index in [2.05, 4.69) is 20.8 Å². The number of halogens is 1. The van der Waals surface area contributed by atoms with Crippen molar-refractivity contribution in [1.29, 1.82) is 0 Å². The Morgan fingerprint density at radius 3 is 2.92 bits per heavy atom. The lowest BCUT2D eigenvalue weighted by molar-refractivity contribution is 0.0203. The molecule has 7 nitrogen and oxygen atoms in total. The fourth-order valence-electron chi connectivity index (χ4n) is 2.36. The van der Waals surface area contributed by atoms with E-state index in [0.29, 0.717) is 12.5 Å². The Morgan fingerprint density at radius 1 is 1.38 bits per heavy atom. The van der Waals surface area contributed by atoms with Crippen LogP contribution in [0.2, 0.25) is 0 Å². The van der Waals surface area contributed by atoms with Crippen molar-refractivity contribution in [2.75, 3.05) is 39.5 Å². The minimum atomic E-state index is 0. The second kappa shape index (κ2) is 13.4. The van der Waals surface area contributed by atoms with E-state index >= 15 is 0 Å². The van der Waals surface area contributed by atoms with Crippen molar-refractivity contribution in [2.45, 2.75) is 32.7 Å². The maximum atomic E-state index is 5.76. The lowest BCUT2D eigenvalue weighted by atomic mass is 10.0. The normalized spacial score (nSPS) is 15.8. The van der Waals surface area contributed by atoms with E-state index in [-0.39, 0.29) is 24.0 Å². The third-order valence-electron chi connectivity index (χ3n) is 3.69. The van der Waals surface area contributed by atoms with Crippen LogP contribution in [-0.2, 0) is 16.0 Å². The van der Waals surface area contributed by atoms with Crippen molar-refractivity contribution in [3.8, 4) is 0 Å². The van der Waals surface area contributed by atoms with Crippen molar-refractivity contribution in [3.63, 3.8) is 0 Å². The molecule has 0 unspecified atom stereocenters. The Kier molecular flexibility index (Phi) is 11.8. The van der Waals surface area contributed by atoms with Gasteiger partial charge in [-0.2, -0.15) is 0 Å². The maximum Gasteiger partial charge on any atom is 0.191 e. The molecule has 0 aliphatic carbocycles. The molecule has 2 heterocycles. The van der Waals surface area contributed by atoms with Gasteiger partial charge in [-0.25, -0.2) is 4.99 Å². The lowest BCUT2D eigenvalue weighted by Gasteiger charge is -2.21. The summed E-state index contributed by atoms with van der Waals surface area (Å²) in [6.07, 6.45) is 4.76. The number of nitrogens with zero attached hydrogens (tertiary/aromatic N) is 2. The van der Waals surface area contributed by atoms with E-state index in [4.69, 9.17) is 14.0 Å². The molecule has 1 saturated heterocycles. The van der Waals surface area contributed by atoms with E-state index in [0.717, 1.165) is 70.4 Å². The highest BCUT2D eigenvalue weighted by molar-refractivity contribution is 14.0. The standard InChI is InChI=1S/C16H28N4O3.HI/c1-2-17-16(19-12-15-6-11-23-20-15)18-7-3-8-22-13-14-4-9-21-10-5-14;/h6,11,14H,2-5,7-10,12-13H2,1H3,(H2,17,18,19);1H. The predicted molar refractivity (Wildman–Crippen MR) is 104 cm³/mol. The smallest absolute Gasteiger partial charge is 0.191 e. The van der Waals surface area contributed by atoms with Crippen molar-refractivity contribution in [1.82, 2.24) is 15.8 Å². The molecule has 0 amide bonds. The van der Waals surface area contributed by atoms with E-state index in [1.807, 2.05) is 13.0 Å². The van der Waals surface area contributed by atoms with Gasteiger partial charge in [-0.1, -0.05) is 5.16 Å². The zero-order chi connectivity index (χ0) is 16.2.